The van der Waals surface area contributed by atoms with Crippen molar-refractivity contribution in [3.63, 3.8) is 0 Å². The number of benzene rings is 1. The van der Waals surface area contributed by atoms with Gasteiger partial charge in [0, 0.05) is 28.3 Å². The molecule has 3 nitrogen and oxygen atoms in total. The molecule has 112 valence electrons. The van der Waals surface area contributed by atoms with E-state index in [1.165, 1.54) is 5.56 Å². The molecule has 0 aliphatic heterocycles. The van der Waals surface area contributed by atoms with Gasteiger partial charge >= 0.3 is 6.03 Å². The summed E-state index contributed by atoms with van der Waals surface area (Å²) in [5.74, 6) is 0. The van der Waals surface area contributed by atoms with Crippen molar-refractivity contribution in [3.05, 3.63) is 56.2 Å². The third-order valence-electron chi connectivity index (χ3n) is 3.23. The Morgan fingerprint density at radius 3 is 2.52 bits per heavy atom. The Kier molecular flexibility index (Phi) is 5.82. The molecular weight excluding hydrogens is 348 g/mol. The van der Waals surface area contributed by atoms with Crippen LogP contribution in [0.3, 0.4) is 0 Å². The van der Waals surface area contributed by atoms with Gasteiger partial charge in [-0.25, -0.2) is 4.79 Å². The van der Waals surface area contributed by atoms with Crippen molar-refractivity contribution in [2.75, 3.05) is 7.05 Å². The molecule has 0 fully saturated rings. The van der Waals surface area contributed by atoms with Crippen LogP contribution in [0.5, 0.6) is 0 Å². The average molecular weight is 367 g/mol. The van der Waals surface area contributed by atoms with E-state index < -0.39 is 0 Å². The molecule has 1 N–H and O–H groups in total. The molecule has 21 heavy (non-hydrogen) atoms. The van der Waals surface area contributed by atoms with Gasteiger partial charge in [-0.05, 0) is 39.5 Å². The lowest BCUT2D eigenvalue weighted by atomic mass is 10.1. The van der Waals surface area contributed by atoms with Gasteiger partial charge < -0.3 is 10.2 Å². The Morgan fingerprint density at radius 2 is 1.95 bits per heavy atom. The minimum Gasteiger partial charge on any atom is -0.333 e. The van der Waals surface area contributed by atoms with Crippen LogP contribution in [0.2, 0.25) is 0 Å². The Labute approximate surface area is 138 Å². The Hall–Kier alpha value is -1.33. The molecule has 2 rings (SSSR count). The Morgan fingerprint density at radius 1 is 1.29 bits per heavy atom. The second kappa shape index (κ2) is 7.61. The smallest absolute Gasteiger partial charge is 0.317 e. The summed E-state index contributed by atoms with van der Waals surface area (Å²) in [7, 11) is 1.81. The van der Waals surface area contributed by atoms with Crippen molar-refractivity contribution in [1.29, 1.82) is 0 Å². The van der Waals surface area contributed by atoms with E-state index >= 15 is 0 Å². The molecule has 0 saturated carbocycles. The lowest BCUT2D eigenvalue weighted by molar-refractivity contribution is 0.206. The van der Waals surface area contributed by atoms with Gasteiger partial charge in [-0.2, -0.15) is 0 Å². The lowest BCUT2D eigenvalue weighted by Crippen LogP contribution is -2.36. The van der Waals surface area contributed by atoms with E-state index in [1.54, 1.807) is 16.2 Å². The van der Waals surface area contributed by atoms with Crippen LogP contribution in [0.4, 0.5) is 4.79 Å². The summed E-state index contributed by atoms with van der Waals surface area (Å²) in [5, 5.41) is 4.95. The highest BCUT2D eigenvalue weighted by molar-refractivity contribution is 9.10. The molecule has 0 atom stereocenters. The number of hydrogen-bond donors (Lipinski definition) is 1. The zero-order valence-electron chi connectivity index (χ0n) is 12.2. The van der Waals surface area contributed by atoms with Crippen molar-refractivity contribution < 1.29 is 4.79 Å². The molecule has 0 bridgehead atoms. The molecule has 2 amide bonds. The normalized spacial score (nSPS) is 10.4. The molecule has 0 saturated heterocycles. The summed E-state index contributed by atoms with van der Waals surface area (Å²) in [6, 6.07) is 10.4. The lowest BCUT2D eigenvalue weighted by Gasteiger charge is -2.18. The summed E-state index contributed by atoms with van der Waals surface area (Å²) >= 11 is 5.04. The molecular formula is C16H19BrN2OS. The first-order valence-corrected chi connectivity index (χ1v) is 8.55. The van der Waals surface area contributed by atoms with E-state index in [9.17, 15) is 4.79 Å². The van der Waals surface area contributed by atoms with Gasteiger partial charge in [0.1, 0.15) is 0 Å². The number of rotatable bonds is 5. The van der Waals surface area contributed by atoms with Crippen LogP contribution >= 0.6 is 27.3 Å². The van der Waals surface area contributed by atoms with E-state index in [2.05, 4.69) is 52.4 Å². The number of nitrogens with zero attached hydrogens (tertiary/aromatic N) is 1. The zero-order chi connectivity index (χ0) is 15.2. The van der Waals surface area contributed by atoms with Crippen LogP contribution in [0.1, 0.15) is 22.9 Å². The van der Waals surface area contributed by atoms with Gasteiger partial charge in [0.2, 0.25) is 0 Å². The first kappa shape index (κ1) is 16.0. The van der Waals surface area contributed by atoms with Crippen LogP contribution in [-0.2, 0) is 19.5 Å². The maximum Gasteiger partial charge on any atom is 0.317 e. The van der Waals surface area contributed by atoms with Gasteiger partial charge in [-0.15, -0.1) is 11.3 Å². The first-order valence-electron chi connectivity index (χ1n) is 6.88. The molecule has 0 unspecified atom stereocenters. The molecule has 0 spiro atoms. The van der Waals surface area contributed by atoms with Gasteiger partial charge in [-0.3, -0.25) is 0 Å². The molecule has 0 aliphatic carbocycles. The molecule has 0 radical (unpaired) electrons. The fourth-order valence-electron chi connectivity index (χ4n) is 1.97. The molecule has 1 heterocycles. The minimum atomic E-state index is -0.0564. The van der Waals surface area contributed by atoms with Crippen LogP contribution in [-0.4, -0.2) is 18.0 Å². The summed E-state index contributed by atoms with van der Waals surface area (Å²) in [6.45, 7) is 3.32. The van der Waals surface area contributed by atoms with Crippen molar-refractivity contribution >= 4 is 33.3 Å². The Bertz CT molecular complexity index is 595. The number of carbonyl (C=O) groups excluding carboxylic acids is 1. The highest BCUT2D eigenvalue weighted by Gasteiger charge is 2.09. The van der Waals surface area contributed by atoms with Gasteiger partial charge in [0.05, 0.1) is 6.54 Å². The summed E-state index contributed by atoms with van der Waals surface area (Å²) < 4.78 is 1.06. The van der Waals surface area contributed by atoms with E-state index in [1.807, 2.05) is 18.5 Å². The first-order chi connectivity index (χ1) is 10.1. The Balaban J connectivity index is 1.83. The quantitative estimate of drug-likeness (QED) is 0.834. The number of aryl methyl sites for hydroxylation is 1. The van der Waals surface area contributed by atoms with E-state index in [0.29, 0.717) is 13.1 Å². The molecule has 2 aromatic rings. The maximum atomic E-state index is 12.1. The number of carbonyl (C=O) groups is 1. The monoisotopic (exact) mass is 366 g/mol. The standard InChI is InChI=1S/C16H19BrN2OS/c1-3-12-4-6-13(7-5-12)10-19(2)16(20)18-9-15-8-14(17)11-21-15/h4-8,11H,3,9-10H2,1-2H3,(H,18,20). The van der Waals surface area contributed by atoms with Crippen molar-refractivity contribution in [2.45, 2.75) is 26.4 Å². The fourth-order valence-corrected chi connectivity index (χ4v) is 3.36. The van der Waals surface area contributed by atoms with E-state index in [0.717, 1.165) is 21.3 Å². The number of amides is 2. The minimum absolute atomic E-state index is 0.0564. The van der Waals surface area contributed by atoms with Crippen LogP contribution in [0.15, 0.2) is 40.2 Å². The number of thiophene rings is 1. The summed E-state index contributed by atoms with van der Waals surface area (Å²) in [4.78, 5) is 14.9. The summed E-state index contributed by atoms with van der Waals surface area (Å²) in [5.41, 5.74) is 2.46. The van der Waals surface area contributed by atoms with Gasteiger partial charge in [0.15, 0.2) is 0 Å². The van der Waals surface area contributed by atoms with Crippen LogP contribution < -0.4 is 5.32 Å². The SMILES string of the molecule is CCc1ccc(CN(C)C(=O)NCc2cc(Br)cs2)cc1. The largest absolute Gasteiger partial charge is 0.333 e. The van der Waals surface area contributed by atoms with Crippen molar-refractivity contribution in [1.82, 2.24) is 10.2 Å². The highest BCUT2D eigenvalue weighted by Crippen LogP contribution is 2.19. The highest BCUT2D eigenvalue weighted by atomic mass is 79.9. The van der Waals surface area contributed by atoms with Crippen molar-refractivity contribution in [2.24, 2.45) is 0 Å². The predicted molar refractivity (Wildman–Crippen MR) is 91.5 cm³/mol. The van der Waals surface area contributed by atoms with Gasteiger partial charge in [-0.1, -0.05) is 31.2 Å². The van der Waals surface area contributed by atoms with Crippen LogP contribution in [0.25, 0.3) is 0 Å². The van der Waals surface area contributed by atoms with Gasteiger partial charge in [0.25, 0.3) is 0 Å². The second-order valence-corrected chi connectivity index (χ2v) is 6.83. The predicted octanol–water partition coefficient (Wildman–Crippen LogP) is 4.41. The maximum absolute atomic E-state index is 12.1. The molecule has 5 heteroatoms. The summed E-state index contributed by atoms with van der Waals surface area (Å²) in [6.07, 6.45) is 1.03. The average Bonchev–Trinajstić information content (AvgIpc) is 2.91. The number of nitrogens with one attached hydrogen (secondary N) is 1. The number of urea groups is 1. The topological polar surface area (TPSA) is 32.3 Å². The number of halogens is 1. The third kappa shape index (κ3) is 4.86. The van der Waals surface area contributed by atoms with E-state index in [4.69, 9.17) is 0 Å². The third-order valence-corrected chi connectivity index (χ3v) is 4.93. The van der Waals surface area contributed by atoms with Crippen LogP contribution in [0, 0.1) is 0 Å². The zero-order valence-corrected chi connectivity index (χ0v) is 14.6. The molecule has 1 aromatic carbocycles. The number of hydrogen-bond acceptors (Lipinski definition) is 2. The van der Waals surface area contributed by atoms with Crippen molar-refractivity contribution in [3.8, 4) is 0 Å². The molecule has 0 aliphatic rings. The van der Waals surface area contributed by atoms with E-state index in [-0.39, 0.29) is 6.03 Å². The molecule has 1 aromatic heterocycles. The fraction of sp³-hybridized carbons (Fsp3) is 0.312. The second-order valence-electron chi connectivity index (χ2n) is 4.92.